The van der Waals surface area contributed by atoms with Crippen LogP contribution in [0, 0.1) is 0 Å². The van der Waals surface area contributed by atoms with Gasteiger partial charge in [0.05, 0.1) is 30.7 Å². The summed E-state index contributed by atoms with van der Waals surface area (Å²) < 4.78 is 10.2. The van der Waals surface area contributed by atoms with Crippen molar-refractivity contribution in [1.29, 1.82) is 0 Å². The molecular formula is C20H17ClN2O5. The van der Waals surface area contributed by atoms with Gasteiger partial charge >= 0.3 is 5.97 Å². The van der Waals surface area contributed by atoms with Crippen molar-refractivity contribution in [3.63, 3.8) is 0 Å². The Hall–Kier alpha value is -3.32. The predicted molar refractivity (Wildman–Crippen MR) is 104 cm³/mol. The third-order valence-corrected chi connectivity index (χ3v) is 4.37. The average molecular weight is 401 g/mol. The molecule has 1 aliphatic heterocycles. The summed E-state index contributed by atoms with van der Waals surface area (Å²) in [5.74, 6) is -1.25. The first kappa shape index (κ1) is 19.4. The van der Waals surface area contributed by atoms with Crippen LogP contribution in [0.3, 0.4) is 0 Å². The van der Waals surface area contributed by atoms with Crippen molar-refractivity contribution in [3.8, 4) is 5.75 Å². The Labute approximate surface area is 166 Å². The van der Waals surface area contributed by atoms with Gasteiger partial charge in [0.15, 0.2) is 0 Å². The second-order valence-corrected chi connectivity index (χ2v) is 6.11. The smallest absolute Gasteiger partial charge is 0.337 e. The van der Waals surface area contributed by atoms with E-state index in [1.165, 1.54) is 31.4 Å². The van der Waals surface area contributed by atoms with E-state index in [-0.39, 0.29) is 16.4 Å². The van der Waals surface area contributed by atoms with Crippen LogP contribution in [0.2, 0.25) is 0 Å². The minimum absolute atomic E-state index is 0.0455. The Morgan fingerprint density at radius 2 is 1.75 bits per heavy atom. The van der Waals surface area contributed by atoms with Crippen molar-refractivity contribution in [1.82, 2.24) is 0 Å². The summed E-state index contributed by atoms with van der Waals surface area (Å²) in [5.41, 5.74) is 1.06. The quantitative estimate of drug-likeness (QED) is 0.591. The van der Waals surface area contributed by atoms with E-state index in [0.717, 1.165) is 4.90 Å². The molecular weight excluding hydrogens is 384 g/mol. The summed E-state index contributed by atoms with van der Waals surface area (Å²) in [6.07, 6.45) is 0. The maximum absolute atomic E-state index is 12.8. The molecule has 2 aromatic rings. The number of amides is 2. The number of ether oxygens (including phenoxy) is 2. The van der Waals surface area contributed by atoms with Crippen LogP contribution in [0.4, 0.5) is 11.4 Å². The second kappa shape index (κ2) is 8.14. The van der Waals surface area contributed by atoms with Crippen molar-refractivity contribution < 1.29 is 23.9 Å². The molecule has 1 heterocycles. The molecule has 0 aliphatic carbocycles. The van der Waals surface area contributed by atoms with Crippen LogP contribution in [0.5, 0.6) is 5.75 Å². The van der Waals surface area contributed by atoms with E-state index in [9.17, 15) is 14.4 Å². The minimum atomic E-state index is -0.658. The standard InChI is InChI=1S/C20H17ClN2O5/c1-3-28-15-7-5-4-6-14(15)22-17-16(21)18(24)23(19(17)25)13-10-8-12(9-11-13)20(26)27-2/h4-11,22H,3H2,1-2H3. The molecule has 0 unspecified atom stereocenters. The number of carbonyl (C=O) groups excluding carboxylic acids is 3. The molecule has 0 saturated heterocycles. The van der Waals surface area contributed by atoms with Crippen LogP contribution in [0.15, 0.2) is 59.3 Å². The number of nitrogens with one attached hydrogen (secondary N) is 1. The van der Waals surface area contributed by atoms with Crippen molar-refractivity contribution in [3.05, 3.63) is 64.8 Å². The number of carbonyl (C=O) groups is 3. The highest BCUT2D eigenvalue weighted by Crippen LogP contribution is 2.33. The number of halogens is 1. The Bertz CT molecular complexity index is 969. The summed E-state index contributed by atoms with van der Waals surface area (Å²) in [6, 6.07) is 12.9. The van der Waals surface area contributed by atoms with Crippen LogP contribution >= 0.6 is 11.6 Å². The van der Waals surface area contributed by atoms with Gasteiger partial charge in [0, 0.05) is 0 Å². The molecule has 0 spiro atoms. The highest BCUT2D eigenvalue weighted by molar-refractivity contribution is 6.53. The van der Waals surface area contributed by atoms with Gasteiger partial charge in [0.2, 0.25) is 0 Å². The highest BCUT2D eigenvalue weighted by Gasteiger charge is 2.39. The number of nitrogens with zero attached hydrogens (tertiary/aromatic N) is 1. The monoisotopic (exact) mass is 400 g/mol. The maximum atomic E-state index is 12.8. The van der Waals surface area contributed by atoms with E-state index < -0.39 is 17.8 Å². The van der Waals surface area contributed by atoms with E-state index in [1.54, 1.807) is 24.3 Å². The van der Waals surface area contributed by atoms with Gasteiger partial charge in [-0.3, -0.25) is 9.59 Å². The number of rotatable bonds is 6. The van der Waals surface area contributed by atoms with Crippen LogP contribution < -0.4 is 15.0 Å². The molecule has 0 fully saturated rings. The van der Waals surface area contributed by atoms with Gasteiger partial charge in [0.1, 0.15) is 16.5 Å². The fourth-order valence-corrected chi connectivity index (χ4v) is 2.91. The third-order valence-electron chi connectivity index (χ3n) is 4.02. The summed E-state index contributed by atoms with van der Waals surface area (Å²) >= 11 is 6.14. The SMILES string of the molecule is CCOc1ccccc1NC1=C(Cl)C(=O)N(c2ccc(C(=O)OC)cc2)C1=O. The molecule has 2 amide bonds. The zero-order valence-electron chi connectivity index (χ0n) is 15.2. The van der Waals surface area contributed by atoms with Gasteiger partial charge < -0.3 is 14.8 Å². The Balaban J connectivity index is 1.87. The molecule has 28 heavy (non-hydrogen) atoms. The van der Waals surface area contributed by atoms with Crippen LogP contribution in [-0.2, 0) is 14.3 Å². The van der Waals surface area contributed by atoms with Gasteiger partial charge in [-0.25, -0.2) is 9.69 Å². The fourth-order valence-electron chi connectivity index (χ4n) is 2.70. The van der Waals surface area contributed by atoms with Crippen LogP contribution in [-0.4, -0.2) is 31.5 Å². The fraction of sp³-hybridized carbons (Fsp3) is 0.150. The van der Waals surface area contributed by atoms with E-state index in [0.29, 0.717) is 23.6 Å². The normalized spacial score (nSPS) is 13.8. The number of anilines is 2. The summed E-state index contributed by atoms with van der Waals surface area (Å²) in [5, 5.41) is 2.67. The Morgan fingerprint density at radius 3 is 2.39 bits per heavy atom. The number of hydrogen-bond donors (Lipinski definition) is 1. The molecule has 1 N–H and O–H groups in total. The van der Waals surface area contributed by atoms with Crippen LogP contribution in [0.1, 0.15) is 17.3 Å². The topological polar surface area (TPSA) is 84.9 Å². The van der Waals surface area contributed by atoms with E-state index in [1.807, 2.05) is 6.92 Å². The van der Waals surface area contributed by atoms with Gasteiger partial charge in [0.25, 0.3) is 11.8 Å². The van der Waals surface area contributed by atoms with E-state index >= 15 is 0 Å². The van der Waals surface area contributed by atoms with Gasteiger partial charge in [-0.15, -0.1) is 0 Å². The first-order chi connectivity index (χ1) is 13.5. The molecule has 0 saturated carbocycles. The molecule has 0 radical (unpaired) electrons. The molecule has 3 rings (SSSR count). The number of esters is 1. The first-order valence-corrected chi connectivity index (χ1v) is 8.81. The highest BCUT2D eigenvalue weighted by atomic mass is 35.5. The van der Waals surface area contributed by atoms with Gasteiger partial charge in [-0.1, -0.05) is 23.7 Å². The molecule has 8 heteroatoms. The van der Waals surface area contributed by atoms with E-state index in [4.69, 9.17) is 16.3 Å². The lowest BCUT2D eigenvalue weighted by Gasteiger charge is -2.16. The number of imide groups is 1. The number of methoxy groups -OCH3 is 1. The minimum Gasteiger partial charge on any atom is -0.492 e. The first-order valence-electron chi connectivity index (χ1n) is 8.43. The molecule has 0 atom stereocenters. The van der Waals surface area contributed by atoms with Crippen molar-refractivity contribution in [2.45, 2.75) is 6.92 Å². The molecule has 0 bridgehead atoms. The van der Waals surface area contributed by atoms with Gasteiger partial charge in [-0.2, -0.15) is 0 Å². The molecule has 144 valence electrons. The van der Waals surface area contributed by atoms with Crippen molar-refractivity contribution in [2.75, 3.05) is 23.9 Å². The second-order valence-electron chi connectivity index (χ2n) is 5.73. The summed E-state index contributed by atoms with van der Waals surface area (Å²) in [4.78, 5) is 37.9. The zero-order valence-corrected chi connectivity index (χ0v) is 15.9. The Kier molecular flexibility index (Phi) is 5.65. The maximum Gasteiger partial charge on any atom is 0.337 e. The largest absolute Gasteiger partial charge is 0.492 e. The van der Waals surface area contributed by atoms with Crippen LogP contribution in [0.25, 0.3) is 0 Å². The molecule has 0 aromatic heterocycles. The van der Waals surface area contributed by atoms with E-state index in [2.05, 4.69) is 10.1 Å². The lowest BCUT2D eigenvalue weighted by Crippen LogP contribution is -2.32. The number of benzene rings is 2. The average Bonchev–Trinajstić information content (AvgIpc) is 2.92. The zero-order chi connectivity index (χ0) is 20.3. The Morgan fingerprint density at radius 1 is 1.07 bits per heavy atom. The lowest BCUT2D eigenvalue weighted by atomic mass is 10.2. The van der Waals surface area contributed by atoms with Crippen molar-refractivity contribution >= 4 is 40.8 Å². The predicted octanol–water partition coefficient (Wildman–Crippen LogP) is 3.31. The summed E-state index contributed by atoms with van der Waals surface area (Å²) in [7, 11) is 1.27. The molecule has 7 nitrogen and oxygen atoms in total. The lowest BCUT2D eigenvalue weighted by molar-refractivity contribution is -0.120. The number of hydrogen-bond acceptors (Lipinski definition) is 6. The summed E-state index contributed by atoms with van der Waals surface area (Å²) in [6.45, 7) is 2.28. The molecule has 2 aromatic carbocycles. The van der Waals surface area contributed by atoms with Gasteiger partial charge in [-0.05, 0) is 43.3 Å². The number of para-hydroxylation sites is 2. The third kappa shape index (κ3) is 3.57. The molecule has 1 aliphatic rings. The van der Waals surface area contributed by atoms with Crippen molar-refractivity contribution in [2.24, 2.45) is 0 Å².